The molecule has 0 saturated heterocycles. The number of carbonyl (C=O) groups excluding carboxylic acids is 1. The van der Waals surface area contributed by atoms with Gasteiger partial charge in [0, 0.05) is 5.56 Å². The lowest BCUT2D eigenvalue weighted by molar-refractivity contribution is -0.135. The molecule has 0 bridgehead atoms. The predicted octanol–water partition coefficient (Wildman–Crippen LogP) is 1.18. The zero-order valence-corrected chi connectivity index (χ0v) is 8.47. The fraction of sp³-hybridized carbons (Fsp3) is 0.0909. The average molecular weight is 219 g/mol. The SMILES string of the molecule is COC(=O)/C(C#N)=C/c1cccc(O)c1O. The number of aromatic hydroxyl groups is 2. The lowest BCUT2D eigenvalue weighted by Crippen LogP contribution is -2.02. The monoisotopic (exact) mass is 219 g/mol. The van der Waals surface area contributed by atoms with Crippen molar-refractivity contribution in [2.75, 3.05) is 7.11 Å². The highest BCUT2D eigenvalue weighted by atomic mass is 16.5. The van der Waals surface area contributed by atoms with Crippen molar-refractivity contribution in [3.8, 4) is 17.6 Å². The highest BCUT2D eigenvalue weighted by Crippen LogP contribution is 2.29. The number of benzene rings is 1. The number of methoxy groups -OCH3 is 1. The van der Waals surface area contributed by atoms with Crippen LogP contribution >= 0.6 is 0 Å². The zero-order chi connectivity index (χ0) is 12.1. The molecule has 0 heterocycles. The molecule has 1 aromatic rings. The maximum Gasteiger partial charge on any atom is 0.348 e. The third kappa shape index (κ3) is 2.30. The van der Waals surface area contributed by atoms with Crippen molar-refractivity contribution in [2.45, 2.75) is 0 Å². The van der Waals surface area contributed by atoms with Gasteiger partial charge in [0.15, 0.2) is 11.5 Å². The van der Waals surface area contributed by atoms with E-state index < -0.39 is 5.97 Å². The van der Waals surface area contributed by atoms with E-state index in [1.165, 1.54) is 18.2 Å². The Hall–Kier alpha value is -2.48. The van der Waals surface area contributed by atoms with Gasteiger partial charge in [-0.25, -0.2) is 4.79 Å². The Morgan fingerprint density at radius 3 is 2.75 bits per heavy atom. The second-order valence-electron chi connectivity index (χ2n) is 2.88. The quantitative estimate of drug-likeness (QED) is 0.337. The van der Waals surface area contributed by atoms with Gasteiger partial charge >= 0.3 is 5.97 Å². The maximum atomic E-state index is 11.1. The van der Waals surface area contributed by atoms with Gasteiger partial charge in [0.2, 0.25) is 0 Å². The molecular weight excluding hydrogens is 210 g/mol. The molecule has 0 atom stereocenters. The van der Waals surface area contributed by atoms with E-state index in [0.717, 1.165) is 13.2 Å². The van der Waals surface area contributed by atoms with Crippen LogP contribution in [0.4, 0.5) is 0 Å². The average Bonchev–Trinajstić information content (AvgIpc) is 2.30. The van der Waals surface area contributed by atoms with E-state index in [4.69, 9.17) is 5.26 Å². The van der Waals surface area contributed by atoms with Gasteiger partial charge in [-0.2, -0.15) is 5.26 Å². The number of carbonyl (C=O) groups is 1. The van der Waals surface area contributed by atoms with Crippen LogP contribution in [0.15, 0.2) is 23.8 Å². The summed E-state index contributed by atoms with van der Waals surface area (Å²) in [5, 5.41) is 27.3. The first-order chi connectivity index (χ1) is 7.60. The van der Waals surface area contributed by atoms with Crippen LogP contribution in [0.3, 0.4) is 0 Å². The van der Waals surface area contributed by atoms with E-state index in [1.54, 1.807) is 6.07 Å². The topological polar surface area (TPSA) is 90.6 Å². The summed E-state index contributed by atoms with van der Waals surface area (Å²) in [5.74, 6) is -1.51. The number of hydrogen-bond acceptors (Lipinski definition) is 5. The zero-order valence-electron chi connectivity index (χ0n) is 8.47. The molecular formula is C11H9NO4. The molecule has 0 amide bonds. The van der Waals surface area contributed by atoms with Crippen LogP contribution < -0.4 is 0 Å². The number of hydrogen-bond donors (Lipinski definition) is 2. The smallest absolute Gasteiger partial charge is 0.348 e. The summed E-state index contributed by atoms with van der Waals surface area (Å²) in [4.78, 5) is 11.1. The molecule has 1 rings (SSSR count). The van der Waals surface area contributed by atoms with Crippen molar-refractivity contribution in [3.63, 3.8) is 0 Å². The first-order valence-corrected chi connectivity index (χ1v) is 4.31. The van der Waals surface area contributed by atoms with Crippen LogP contribution in [0.5, 0.6) is 11.5 Å². The molecule has 5 heteroatoms. The molecule has 0 aliphatic rings. The summed E-state index contributed by atoms with van der Waals surface area (Å²) in [5.41, 5.74) is -0.0923. The molecule has 0 aliphatic heterocycles. The van der Waals surface area contributed by atoms with Crippen LogP contribution in [-0.4, -0.2) is 23.3 Å². The largest absolute Gasteiger partial charge is 0.504 e. The second kappa shape index (κ2) is 4.84. The van der Waals surface area contributed by atoms with Crippen LogP contribution in [0.25, 0.3) is 6.08 Å². The summed E-state index contributed by atoms with van der Waals surface area (Å²) in [6.45, 7) is 0. The Labute approximate surface area is 91.8 Å². The van der Waals surface area contributed by atoms with Gasteiger partial charge < -0.3 is 14.9 Å². The van der Waals surface area contributed by atoms with Crippen molar-refractivity contribution < 1.29 is 19.7 Å². The molecule has 1 aromatic carbocycles. The summed E-state index contributed by atoms with van der Waals surface area (Å²) in [7, 11) is 1.15. The van der Waals surface area contributed by atoms with Crippen molar-refractivity contribution in [1.29, 1.82) is 5.26 Å². The molecule has 16 heavy (non-hydrogen) atoms. The van der Waals surface area contributed by atoms with Crippen LogP contribution in [0.1, 0.15) is 5.56 Å². The summed E-state index contributed by atoms with van der Waals surface area (Å²) in [6.07, 6.45) is 1.14. The van der Waals surface area contributed by atoms with Gasteiger partial charge in [-0.05, 0) is 12.1 Å². The Bertz CT molecular complexity index is 485. The minimum Gasteiger partial charge on any atom is -0.504 e. The van der Waals surface area contributed by atoms with E-state index >= 15 is 0 Å². The Kier molecular flexibility index (Phi) is 3.51. The molecule has 0 spiro atoms. The predicted molar refractivity (Wildman–Crippen MR) is 55.4 cm³/mol. The van der Waals surface area contributed by atoms with Crippen molar-refractivity contribution in [2.24, 2.45) is 0 Å². The second-order valence-corrected chi connectivity index (χ2v) is 2.88. The summed E-state index contributed by atoms with van der Waals surface area (Å²) >= 11 is 0. The molecule has 0 aromatic heterocycles. The van der Waals surface area contributed by atoms with Gasteiger partial charge in [0.05, 0.1) is 7.11 Å². The van der Waals surface area contributed by atoms with Crippen LogP contribution in [-0.2, 0) is 9.53 Å². The molecule has 82 valence electrons. The minimum atomic E-state index is -0.801. The number of esters is 1. The molecule has 0 unspecified atom stereocenters. The molecule has 0 aliphatic carbocycles. The lowest BCUT2D eigenvalue weighted by atomic mass is 10.1. The Morgan fingerprint density at radius 2 is 2.19 bits per heavy atom. The Balaban J connectivity index is 3.20. The third-order valence-electron chi connectivity index (χ3n) is 1.87. The van der Waals surface area contributed by atoms with Crippen LogP contribution in [0.2, 0.25) is 0 Å². The van der Waals surface area contributed by atoms with Gasteiger partial charge in [-0.15, -0.1) is 0 Å². The minimum absolute atomic E-state index is 0.168. The summed E-state index contributed by atoms with van der Waals surface area (Å²) in [6, 6.07) is 5.86. The third-order valence-corrected chi connectivity index (χ3v) is 1.87. The van der Waals surface area contributed by atoms with Crippen LogP contribution in [0, 0.1) is 11.3 Å². The van der Waals surface area contributed by atoms with Gasteiger partial charge in [0.1, 0.15) is 11.6 Å². The first-order valence-electron chi connectivity index (χ1n) is 4.31. The van der Waals surface area contributed by atoms with Gasteiger partial charge in [0.25, 0.3) is 0 Å². The molecule has 5 nitrogen and oxygen atoms in total. The normalized spacial score (nSPS) is 10.6. The number of nitrogens with zero attached hydrogens (tertiary/aromatic N) is 1. The van der Waals surface area contributed by atoms with E-state index in [-0.39, 0.29) is 22.6 Å². The Morgan fingerprint density at radius 1 is 1.50 bits per heavy atom. The summed E-state index contributed by atoms with van der Waals surface area (Å²) < 4.78 is 4.37. The van der Waals surface area contributed by atoms with E-state index in [2.05, 4.69) is 4.74 Å². The molecule has 0 radical (unpaired) electrons. The number of para-hydroxylation sites is 1. The number of phenols is 2. The molecule has 0 saturated carbocycles. The van der Waals surface area contributed by atoms with Gasteiger partial charge in [-0.1, -0.05) is 12.1 Å². The number of ether oxygens (including phenoxy) is 1. The lowest BCUT2D eigenvalue weighted by Gasteiger charge is -2.01. The first kappa shape index (κ1) is 11.6. The van der Waals surface area contributed by atoms with Crippen molar-refractivity contribution >= 4 is 12.0 Å². The fourth-order valence-electron chi connectivity index (χ4n) is 1.07. The highest BCUT2D eigenvalue weighted by Gasteiger charge is 2.11. The molecule has 0 fully saturated rings. The maximum absolute atomic E-state index is 11.1. The van der Waals surface area contributed by atoms with E-state index in [9.17, 15) is 15.0 Å². The number of nitriles is 1. The molecule has 2 N–H and O–H groups in total. The number of phenolic OH excluding ortho intramolecular Hbond substituents is 2. The van der Waals surface area contributed by atoms with E-state index in [1.807, 2.05) is 0 Å². The highest BCUT2D eigenvalue weighted by molar-refractivity contribution is 5.98. The fourth-order valence-corrected chi connectivity index (χ4v) is 1.07. The van der Waals surface area contributed by atoms with Crippen molar-refractivity contribution in [3.05, 3.63) is 29.3 Å². The number of rotatable bonds is 2. The van der Waals surface area contributed by atoms with E-state index in [0.29, 0.717) is 0 Å². The van der Waals surface area contributed by atoms with Crippen molar-refractivity contribution in [1.82, 2.24) is 0 Å². The standard InChI is InChI=1S/C11H9NO4/c1-16-11(15)8(6-12)5-7-3-2-4-9(13)10(7)14/h2-5,13-14H,1H3/b8-5+. The van der Waals surface area contributed by atoms with Gasteiger partial charge in [-0.3, -0.25) is 0 Å².